The predicted molar refractivity (Wildman–Crippen MR) is 158 cm³/mol. The molecule has 9 nitrogen and oxygen atoms in total. The fraction of sp³-hybridized carbons (Fsp3) is 0.129. The summed E-state index contributed by atoms with van der Waals surface area (Å²) >= 11 is 1.46. The fourth-order valence-electron chi connectivity index (χ4n) is 4.32. The number of benzene rings is 4. The van der Waals surface area contributed by atoms with Crippen LogP contribution in [0.5, 0.6) is 5.75 Å². The van der Waals surface area contributed by atoms with Gasteiger partial charge in [-0.15, -0.1) is 10.2 Å². The van der Waals surface area contributed by atoms with Crippen molar-refractivity contribution < 1.29 is 14.5 Å². The predicted octanol–water partition coefficient (Wildman–Crippen LogP) is 6.63. The normalized spacial score (nSPS) is 11.6. The number of nitro groups is 1. The number of hydrogen-bond donors (Lipinski definition) is 1. The van der Waals surface area contributed by atoms with E-state index in [1.807, 2.05) is 78.2 Å². The molecule has 1 N–H and O–H groups in total. The monoisotopic (exact) mass is 565 g/mol. The van der Waals surface area contributed by atoms with Crippen LogP contribution in [-0.2, 0) is 5.75 Å². The quantitative estimate of drug-likeness (QED) is 0.115. The van der Waals surface area contributed by atoms with Gasteiger partial charge < -0.3 is 10.1 Å². The van der Waals surface area contributed by atoms with Crippen molar-refractivity contribution in [3.8, 4) is 22.6 Å². The lowest BCUT2D eigenvalue weighted by molar-refractivity contribution is -0.384. The molecular formula is C31H27N5O4S. The maximum atomic E-state index is 13.2. The van der Waals surface area contributed by atoms with E-state index in [-0.39, 0.29) is 11.6 Å². The van der Waals surface area contributed by atoms with Gasteiger partial charge in [-0.05, 0) is 60.0 Å². The minimum absolute atomic E-state index is 0.0192. The number of amides is 1. The molecule has 0 spiro atoms. The fourth-order valence-corrected chi connectivity index (χ4v) is 5.22. The second-order valence-corrected chi connectivity index (χ2v) is 10.2. The first kappa shape index (κ1) is 27.6. The molecule has 10 heteroatoms. The minimum atomic E-state index is -0.509. The maximum Gasteiger partial charge on any atom is 0.269 e. The summed E-state index contributed by atoms with van der Waals surface area (Å²) in [5, 5.41) is 23.7. The van der Waals surface area contributed by atoms with Crippen LogP contribution in [0.15, 0.2) is 108 Å². The van der Waals surface area contributed by atoms with E-state index in [9.17, 15) is 14.9 Å². The Labute approximate surface area is 241 Å². The Kier molecular flexibility index (Phi) is 8.40. The number of ether oxygens (including phenoxy) is 1. The Morgan fingerprint density at radius 2 is 1.66 bits per heavy atom. The van der Waals surface area contributed by atoms with Crippen molar-refractivity contribution in [1.29, 1.82) is 0 Å². The van der Waals surface area contributed by atoms with Gasteiger partial charge in [-0.25, -0.2) is 0 Å². The van der Waals surface area contributed by atoms with Crippen molar-refractivity contribution in [2.75, 3.05) is 7.11 Å². The summed E-state index contributed by atoms with van der Waals surface area (Å²) in [4.78, 5) is 23.9. The Morgan fingerprint density at radius 1 is 0.951 bits per heavy atom. The third-order valence-electron chi connectivity index (χ3n) is 6.47. The zero-order chi connectivity index (χ0) is 28.8. The highest BCUT2D eigenvalue weighted by molar-refractivity contribution is 7.98. The molecule has 0 radical (unpaired) electrons. The van der Waals surface area contributed by atoms with Crippen molar-refractivity contribution in [3.05, 3.63) is 130 Å². The lowest BCUT2D eigenvalue weighted by atomic mass is 10.0. The molecule has 0 aliphatic rings. The van der Waals surface area contributed by atoms with Gasteiger partial charge in [-0.3, -0.25) is 19.5 Å². The van der Waals surface area contributed by atoms with Gasteiger partial charge in [0.25, 0.3) is 11.6 Å². The molecule has 0 saturated carbocycles. The number of rotatable bonds is 10. The molecule has 0 bridgehead atoms. The number of aromatic nitrogens is 3. The molecule has 0 aliphatic carbocycles. The number of nitrogens with zero attached hydrogens (tertiary/aromatic N) is 4. The van der Waals surface area contributed by atoms with E-state index < -0.39 is 11.0 Å². The zero-order valence-electron chi connectivity index (χ0n) is 22.4. The molecule has 5 rings (SSSR count). The highest BCUT2D eigenvalue weighted by atomic mass is 32.2. The summed E-state index contributed by atoms with van der Waals surface area (Å²) < 4.78 is 7.15. The van der Waals surface area contributed by atoms with E-state index in [0.29, 0.717) is 28.0 Å². The molecule has 5 aromatic rings. The third kappa shape index (κ3) is 6.44. The molecular weight excluding hydrogens is 538 g/mol. The number of nitro benzene ring substituents is 1. The molecule has 1 heterocycles. The van der Waals surface area contributed by atoms with Gasteiger partial charge in [0.15, 0.2) is 11.0 Å². The number of nitrogens with one attached hydrogen (secondary N) is 1. The zero-order valence-corrected chi connectivity index (χ0v) is 23.2. The molecule has 206 valence electrons. The largest absolute Gasteiger partial charge is 0.497 e. The molecule has 0 fully saturated rings. The van der Waals surface area contributed by atoms with E-state index in [1.54, 1.807) is 31.4 Å². The SMILES string of the molecule is COc1cccc(CSc2nnc(C(C)NC(=O)c3ccc(-c4ccccc4)cc3)n2-c2ccc([N+](=O)[O-])cc2)c1. The number of carbonyl (C=O) groups excluding carboxylic acids is 1. The van der Waals surface area contributed by atoms with Crippen molar-refractivity contribution in [3.63, 3.8) is 0 Å². The summed E-state index contributed by atoms with van der Waals surface area (Å²) in [6, 6.07) is 30.8. The number of thioether (sulfide) groups is 1. The topological polar surface area (TPSA) is 112 Å². The number of non-ortho nitro benzene ring substituents is 1. The molecule has 0 aliphatic heterocycles. The van der Waals surface area contributed by atoms with Crippen LogP contribution in [0.25, 0.3) is 16.8 Å². The van der Waals surface area contributed by atoms with Gasteiger partial charge in [0.05, 0.1) is 18.1 Å². The lowest BCUT2D eigenvalue weighted by Gasteiger charge is -2.16. The van der Waals surface area contributed by atoms with E-state index in [4.69, 9.17) is 4.74 Å². The van der Waals surface area contributed by atoms with Crippen molar-refractivity contribution in [2.24, 2.45) is 0 Å². The summed E-state index contributed by atoms with van der Waals surface area (Å²) in [5.74, 6) is 1.60. The highest BCUT2D eigenvalue weighted by Gasteiger charge is 2.22. The van der Waals surface area contributed by atoms with Crippen LogP contribution in [0.4, 0.5) is 5.69 Å². The molecule has 0 saturated heterocycles. The molecule has 1 atom stereocenters. The first-order valence-electron chi connectivity index (χ1n) is 12.8. The second-order valence-electron chi connectivity index (χ2n) is 9.23. The minimum Gasteiger partial charge on any atom is -0.497 e. The number of hydrogen-bond acceptors (Lipinski definition) is 7. The van der Waals surface area contributed by atoms with Gasteiger partial charge in [-0.2, -0.15) is 0 Å². The second kappa shape index (κ2) is 12.5. The van der Waals surface area contributed by atoms with E-state index in [2.05, 4.69) is 15.5 Å². The standard InChI is InChI=1S/C31H27N5O4S/c1-21(32-30(37)25-13-11-24(12-14-25)23-8-4-3-5-9-23)29-33-34-31(41-20-22-7-6-10-28(19-22)40-2)35(29)26-15-17-27(18-16-26)36(38)39/h3-19,21H,20H2,1-2H3,(H,32,37). The van der Waals surface area contributed by atoms with Gasteiger partial charge in [-0.1, -0.05) is 66.4 Å². The van der Waals surface area contributed by atoms with Gasteiger partial charge in [0.1, 0.15) is 5.75 Å². The first-order valence-corrected chi connectivity index (χ1v) is 13.8. The maximum absolute atomic E-state index is 13.2. The van der Waals surface area contributed by atoms with Crippen LogP contribution in [0, 0.1) is 10.1 Å². The summed E-state index contributed by atoms with van der Waals surface area (Å²) in [6.45, 7) is 1.83. The average Bonchev–Trinajstić information content (AvgIpc) is 3.45. The molecule has 1 amide bonds. The number of methoxy groups -OCH3 is 1. The van der Waals surface area contributed by atoms with Crippen LogP contribution in [0.2, 0.25) is 0 Å². The van der Waals surface area contributed by atoms with Crippen LogP contribution < -0.4 is 10.1 Å². The van der Waals surface area contributed by atoms with E-state index >= 15 is 0 Å². The van der Waals surface area contributed by atoms with Crippen LogP contribution in [0.3, 0.4) is 0 Å². The Hall–Kier alpha value is -4.96. The average molecular weight is 566 g/mol. The van der Waals surface area contributed by atoms with Crippen molar-refractivity contribution >= 4 is 23.4 Å². The Morgan fingerprint density at radius 3 is 2.34 bits per heavy atom. The van der Waals surface area contributed by atoms with Crippen LogP contribution in [-0.4, -0.2) is 32.7 Å². The lowest BCUT2D eigenvalue weighted by Crippen LogP contribution is -2.28. The van der Waals surface area contributed by atoms with Crippen LogP contribution >= 0.6 is 11.8 Å². The molecule has 41 heavy (non-hydrogen) atoms. The van der Waals surface area contributed by atoms with Crippen LogP contribution in [0.1, 0.15) is 34.7 Å². The van der Waals surface area contributed by atoms with E-state index in [0.717, 1.165) is 22.4 Å². The summed E-state index contributed by atoms with van der Waals surface area (Å²) in [6.07, 6.45) is 0. The summed E-state index contributed by atoms with van der Waals surface area (Å²) in [7, 11) is 1.62. The summed E-state index contributed by atoms with van der Waals surface area (Å²) in [5.41, 5.74) is 4.28. The third-order valence-corrected chi connectivity index (χ3v) is 7.47. The highest BCUT2D eigenvalue weighted by Crippen LogP contribution is 2.29. The van der Waals surface area contributed by atoms with Gasteiger partial charge >= 0.3 is 0 Å². The van der Waals surface area contributed by atoms with Crippen molar-refractivity contribution in [2.45, 2.75) is 23.9 Å². The van der Waals surface area contributed by atoms with Crippen molar-refractivity contribution in [1.82, 2.24) is 20.1 Å². The van der Waals surface area contributed by atoms with E-state index in [1.165, 1.54) is 23.9 Å². The van der Waals surface area contributed by atoms with Gasteiger partial charge in [0.2, 0.25) is 0 Å². The molecule has 1 unspecified atom stereocenters. The smallest absolute Gasteiger partial charge is 0.269 e. The van der Waals surface area contributed by atoms with Gasteiger partial charge in [0, 0.05) is 29.1 Å². The number of carbonyl (C=O) groups is 1. The first-order chi connectivity index (χ1) is 19.9. The Bertz CT molecular complexity index is 1650. The molecule has 4 aromatic carbocycles. The molecule has 1 aromatic heterocycles. The Balaban J connectivity index is 1.39.